The van der Waals surface area contributed by atoms with Crippen molar-refractivity contribution in [2.45, 2.75) is 76.4 Å². The molecule has 39 heavy (non-hydrogen) atoms. The van der Waals surface area contributed by atoms with E-state index in [4.69, 9.17) is 9.47 Å². The summed E-state index contributed by atoms with van der Waals surface area (Å²) in [5, 5.41) is 0. The van der Waals surface area contributed by atoms with Gasteiger partial charge in [-0.3, -0.25) is 4.79 Å². The number of hydrogen-bond donors (Lipinski definition) is 1. The molecule has 212 valence electrons. The maximum Gasteiger partial charge on any atom is 0.410 e. The van der Waals surface area contributed by atoms with Gasteiger partial charge in [0, 0.05) is 39.3 Å². The van der Waals surface area contributed by atoms with Crippen LogP contribution in [-0.2, 0) is 37.4 Å². The molecule has 0 aliphatic carbocycles. The molecule has 2 aliphatic heterocycles. The van der Waals surface area contributed by atoms with Gasteiger partial charge in [0.15, 0.2) is 0 Å². The number of ether oxygens (including phenoxy) is 2. The Morgan fingerprint density at radius 3 is 2.28 bits per heavy atom. The lowest BCUT2D eigenvalue weighted by Crippen LogP contribution is -2.67. The molecule has 0 saturated carbocycles. The molecular formula is C30H41N3O5S. The quantitative estimate of drug-likeness (QED) is 0.511. The largest absolute Gasteiger partial charge is 0.445 e. The minimum Gasteiger partial charge on any atom is -0.445 e. The second-order valence-electron chi connectivity index (χ2n) is 11.5. The maximum atomic E-state index is 13.1. The van der Waals surface area contributed by atoms with Crippen LogP contribution in [0.4, 0.5) is 4.79 Å². The number of likely N-dealkylation sites (tertiary alicyclic amines) is 1. The van der Waals surface area contributed by atoms with Gasteiger partial charge in [-0.1, -0.05) is 54.6 Å². The Bertz CT molecular complexity index is 1150. The Labute approximate surface area is 234 Å². The van der Waals surface area contributed by atoms with Gasteiger partial charge in [0.25, 0.3) is 0 Å². The molecular weight excluding hydrogens is 514 g/mol. The SMILES string of the molecule is CC(=O)N(C1CN(C(=O)OCc2ccccc2)C1)C1(c2ccc([C@H](C)N[S@@](=O)C(C)(C)C)cc2)CCOCC1. The molecule has 0 bridgehead atoms. The van der Waals surface area contributed by atoms with Crippen LogP contribution in [0.25, 0.3) is 0 Å². The molecule has 0 radical (unpaired) electrons. The Kier molecular flexibility index (Phi) is 9.14. The van der Waals surface area contributed by atoms with Gasteiger partial charge < -0.3 is 19.3 Å². The van der Waals surface area contributed by atoms with Crippen LogP contribution < -0.4 is 4.72 Å². The summed E-state index contributed by atoms with van der Waals surface area (Å²) >= 11 is 0. The Morgan fingerprint density at radius 1 is 1.10 bits per heavy atom. The minimum atomic E-state index is -1.18. The fourth-order valence-corrected chi connectivity index (χ4v) is 6.16. The van der Waals surface area contributed by atoms with Gasteiger partial charge in [0.05, 0.1) is 27.3 Å². The zero-order valence-corrected chi connectivity index (χ0v) is 24.5. The lowest BCUT2D eigenvalue weighted by Gasteiger charge is -2.54. The van der Waals surface area contributed by atoms with E-state index in [0.29, 0.717) is 39.1 Å². The molecule has 2 fully saturated rings. The lowest BCUT2D eigenvalue weighted by molar-refractivity contribution is -0.151. The molecule has 2 amide bonds. The Hall–Kier alpha value is -2.75. The number of nitrogens with one attached hydrogen (secondary N) is 1. The summed E-state index contributed by atoms with van der Waals surface area (Å²) in [5.74, 6) is -0.0149. The molecule has 2 aromatic rings. The molecule has 2 atom stereocenters. The molecule has 0 unspecified atom stereocenters. The zero-order valence-electron chi connectivity index (χ0n) is 23.6. The summed E-state index contributed by atoms with van der Waals surface area (Å²) in [6.45, 7) is 11.7. The third-order valence-electron chi connectivity index (χ3n) is 7.60. The molecule has 9 heteroatoms. The molecule has 0 spiro atoms. The fraction of sp³-hybridized carbons (Fsp3) is 0.533. The van der Waals surface area contributed by atoms with E-state index >= 15 is 0 Å². The number of carbonyl (C=O) groups is 2. The van der Waals surface area contributed by atoms with Crippen LogP contribution in [0.5, 0.6) is 0 Å². The normalized spacial score (nSPS) is 19.1. The monoisotopic (exact) mass is 555 g/mol. The number of nitrogens with zero attached hydrogens (tertiary/aromatic N) is 2. The van der Waals surface area contributed by atoms with Crippen LogP contribution in [0, 0.1) is 0 Å². The molecule has 1 N–H and O–H groups in total. The predicted molar refractivity (Wildman–Crippen MR) is 152 cm³/mol. The van der Waals surface area contributed by atoms with Gasteiger partial charge in [0.2, 0.25) is 5.91 Å². The van der Waals surface area contributed by atoms with Crippen molar-refractivity contribution in [3.8, 4) is 0 Å². The first-order valence-corrected chi connectivity index (χ1v) is 14.8. The number of amides is 2. The lowest BCUT2D eigenvalue weighted by atomic mass is 9.78. The van der Waals surface area contributed by atoms with Gasteiger partial charge in [-0.25, -0.2) is 13.7 Å². The van der Waals surface area contributed by atoms with E-state index in [1.54, 1.807) is 11.8 Å². The summed E-state index contributed by atoms with van der Waals surface area (Å²) < 4.78 is 26.6. The van der Waals surface area contributed by atoms with E-state index in [2.05, 4.69) is 29.0 Å². The molecule has 2 heterocycles. The van der Waals surface area contributed by atoms with Crippen LogP contribution in [0.15, 0.2) is 54.6 Å². The highest BCUT2D eigenvalue weighted by Crippen LogP contribution is 2.41. The van der Waals surface area contributed by atoms with Gasteiger partial charge in [-0.15, -0.1) is 0 Å². The third kappa shape index (κ3) is 6.70. The Balaban J connectivity index is 1.47. The number of hydrogen-bond acceptors (Lipinski definition) is 5. The van der Waals surface area contributed by atoms with E-state index in [1.807, 2.05) is 62.9 Å². The van der Waals surface area contributed by atoms with Crippen molar-refractivity contribution in [1.29, 1.82) is 0 Å². The number of carbonyl (C=O) groups excluding carboxylic acids is 2. The number of rotatable bonds is 8. The van der Waals surface area contributed by atoms with Crippen molar-refractivity contribution < 1.29 is 23.3 Å². The summed E-state index contributed by atoms with van der Waals surface area (Å²) in [5.41, 5.74) is 2.51. The zero-order chi connectivity index (χ0) is 28.2. The number of benzene rings is 2. The van der Waals surface area contributed by atoms with Crippen molar-refractivity contribution in [3.63, 3.8) is 0 Å². The van der Waals surface area contributed by atoms with Gasteiger partial charge in [-0.05, 0) is 57.2 Å². The van der Waals surface area contributed by atoms with Crippen molar-refractivity contribution in [3.05, 3.63) is 71.3 Å². The van der Waals surface area contributed by atoms with Crippen molar-refractivity contribution >= 4 is 23.0 Å². The fourth-order valence-electron chi connectivity index (χ4n) is 5.35. The predicted octanol–water partition coefficient (Wildman–Crippen LogP) is 4.67. The van der Waals surface area contributed by atoms with Crippen LogP contribution in [0.3, 0.4) is 0 Å². The highest BCUT2D eigenvalue weighted by atomic mass is 32.2. The average molecular weight is 556 g/mol. The molecule has 2 aliphatic rings. The van der Waals surface area contributed by atoms with Crippen LogP contribution in [0.2, 0.25) is 0 Å². The highest BCUT2D eigenvalue weighted by Gasteiger charge is 2.49. The van der Waals surface area contributed by atoms with Crippen LogP contribution in [-0.4, -0.2) is 63.1 Å². The van der Waals surface area contributed by atoms with E-state index in [1.165, 1.54) is 0 Å². The summed E-state index contributed by atoms with van der Waals surface area (Å²) in [6, 6.07) is 17.7. The van der Waals surface area contributed by atoms with Crippen molar-refractivity contribution in [2.24, 2.45) is 0 Å². The summed E-state index contributed by atoms with van der Waals surface area (Å²) in [4.78, 5) is 29.4. The molecule has 2 saturated heterocycles. The molecule has 8 nitrogen and oxygen atoms in total. The average Bonchev–Trinajstić information content (AvgIpc) is 2.89. The topological polar surface area (TPSA) is 88.2 Å². The van der Waals surface area contributed by atoms with Crippen molar-refractivity contribution in [2.75, 3.05) is 26.3 Å². The van der Waals surface area contributed by atoms with E-state index in [9.17, 15) is 13.8 Å². The Morgan fingerprint density at radius 2 is 1.72 bits per heavy atom. The van der Waals surface area contributed by atoms with Crippen LogP contribution >= 0.6 is 0 Å². The molecule has 4 rings (SSSR count). The standard InChI is InChI=1S/C30H41N3O5S/c1-22(31-39(36)29(3,4)5)25-11-13-26(14-12-25)30(15-17-37-18-16-30)33(23(2)34)27-19-32(20-27)28(35)38-21-24-9-7-6-8-10-24/h6-14,22,27,31H,15-21H2,1-5H3/t22-,39-/m0/s1. The first kappa shape index (κ1) is 29.2. The van der Waals surface area contributed by atoms with Crippen molar-refractivity contribution in [1.82, 2.24) is 14.5 Å². The maximum absolute atomic E-state index is 13.1. The summed E-state index contributed by atoms with van der Waals surface area (Å²) in [6.07, 6.45) is 1.00. The van der Waals surface area contributed by atoms with Crippen LogP contribution in [0.1, 0.15) is 70.2 Å². The smallest absolute Gasteiger partial charge is 0.410 e. The second-order valence-corrected chi connectivity index (χ2v) is 13.5. The second kappa shape index (κ2) is 12.2. The first-order valence-electron chi connectivity index (χ1n) is 13.6. The van der Waals surface area contributed by atoms with E-state index in [-0.39, 0.29) is 35.4 Å². The van der Waals surface area contributed by atoms with Gasteiger partial charge >= 0.3 is 6.09 Å². The highest BCUT2D eigenvalue weighted by molar-refractivity contribution is 7.84. The first-order chi connectivity index (χ1) is 18.5. The van der Waals surface area contributed by atoms with Gasteiger partial charge in [-0.2, -0.15) is 0 Å². The van der Waals surface area contributed by atoms with E-state index in [0.717, 1.165) is 16.7 Å². The third-order valence-corrected chi connectivity index (χ3v) is 9.28. The molecule has 0 aromatic heterocycles. The summed E-state index contributed by atoms with van der Waals surface area (Å²) in [7, 11) is -1.18. The van der Waals surface area contributed by atoms with Gasteiger partial charge in [0.1, 0.15) is 6.61 Å². The minimum absolute atomic E-state index is 0.0149. The van der Waals surface area contributed by atoms with E-state index < -0.39 is 16.5 Å². The molecule has 2 aromatic carbocycles.